The maximum atomic E-state index is 13.1. The predicted molar refractivity (Wildman–Crippen MR) is 113 cm³/mol. The molecule has 0 saturated heterocycles. The number of fused-ring (bicyclic) bond motifs is 1. The second-order valence-electron chi connectivity index (χ2n) is 7.17. The minimum absolute atomic E-state index is 0.0201. The van der Waals surface area contributed by atoms with Crippen molar-refractivity contribution >= 4 is 17.4 Å². The number of nitrogens with zero attached hydrogens (tertiary/aromatic N) is 2. The summed E-state index contributed by atoms with van der Waals surface area (Å²) in [5, 5.41) is 3.05. The number of hydrogen-bond acceptors (Lipinski definition) is 7. The van der Waals surface area contributed by atoms with E-state index in [0.29, 0.717) is 53.0 Å². The molecule has 3 aromatic rings. The van der Waals surface area contributed by atoms with E-state index in [1.165, 1.54) is 12.1 Å². The van der Waals surface area contributed by atoms with E-state index in [1.54, 1.807) is 39.7 Å². The first kappa shape index (κ1) is 20.6. The third-order valence-corrected chi connectivity index (χ3v) is 5.30. The number of halogens is 1. The van der Waals surface area contributed by atoms with Crippen LogP contribution in [0.1, 0.15) is 34.0 Å². The van der Waals surface area contributed by atoms with Gasteiger partial charge < -0.3 is 19.5 Å². The molecule has 1 N–H and O–H groups in total. The summed E-state index contributed by atoms with van der Waals surface area (Å²) >= 11 is 0. The summed E-state index contributed by atoms with van der Waals surface area (Å²) in [5.74, 6) is 1.49. The number of hydrogen-bond donors (Lipinski definition) is 1. The lowest BCUT2D eigenvalue weighted by Crippen LogP contribution is -2.21. The van der Waals surface area contributed by atoms with Gasteiger partial charge in [-0.15, -0.1) is 0 Å². The normalized spacial score (nSPS) is 15.2. The van der Waals surface area contributed by atoms with E-state index in [1.807, 2.05) is 12.1 Å². The number of anilines is 2. The zero-order chi connectivity index (χ0) is 22.0. The molecule has 0 spiro atoms. The molecule has 0 aliphatic heterocycles. The molecule has 2 aromatic carbocycles. The number of Topliss-reactive ketones (excluding diaryl/α,β-unsaturated/α-hetero) is 1. The monoisotopic (exact) mass is 423 g/mol. The van der Waals surface area contributed by atoms with Crippen molar-refractivity contribution in [3.05, 3.63) is 65.2 Å². The van der Waals surface area contributed by atoms with Crippen LogP contribution in [0.15, 0.2) is 42.6 Å². The van der Waals surface area contributed by atoms with Crippen LogP contribution in [0.2, 0.25) is 0 Å². The summed E-state index contributed by atoms with van der Waals surface area (Å²) in [6.07, 6.45) is 2.43. The summed E-state index contributed by atoms with van der Waals surface area (Å²) in [5.41, 5.74) is 2.74. The van der Waals surface area contributed by atoms with Gasteiger partial charge in [0, 0.05) is 18.3 Å². The highest BCUT2D eigenvalue weighted by Gasteiger charge is 2.29. The van der Waals surface area contributed by atoms with Gasteiger partial charge in [-0.2, -0.15) is 0 Å². The lowest BCUT2D eigenvalue weighted by atomic mass is 9.82. The first-order valence-corrected chi connectivity index (χ1v) is 9.74. The number of rotatable bonds is 6. The molecule has 160 valence electrons. The van der Waals surface area contributed by atoms with Crippen LogP contribution in [-0.2, 0) is 6.42 Å². The number of ketones is 1. The Morgan fingerprint density at radius 1 is 1.00 bits per heavy atom. The van der Waals surface area contributed by atoms with Crippen molar-refractivity contribution in [3.63, 3.8) is 0 Å². The lowest BCUT2D eigenvalue weighted by molar-refractivity contribution is 0.0962. The van der Waals surface area contributed by atoms with Crippen LogP contribution in [0, 0.1) is 5.82 Å². The summed E-state index contributed by atoms with van der Waals surface area (Å²) in [6, 6.07) is 9.63. The van der Waals surface area contributed by atoms with Gasteiger partial charge in [0.1, 0.15) is 5.82 Å². The first-order valence-electron chi connectivity index (χ1n) is 9.74. The molecule has 8 heteroatoms. The minimum atomic E-state index is -0.323. The zero-order valence-electron chi connectivity index (χ0n) is 17.4. The molecule has 1 aliphatic carbocycles. The molecule has 0 amide bonds. The Balaban J connectivity index is 1.64. The fraction of sp³-hybridized carbons (Fsp3) is 0.261. The fourth-order valence-corrected chi connectivity index (χ4v) is 3.74. The topological polar surface area (TPSA) is 82.6 Å². The molecular formula is C23H22FN3O4. The average Bonchev–Trinajstić information content (AvgIpc) is 2.79. The van der Waals surface area contributed by atoms with E-state index in [0.717, 1.165) is 5.56 Å². The summed E-state index contributed by atoms with van der Waals surface area (Å²) in [6.45, 7) is 0. The third-order valence-electron chi connectivity index (χ3n) is 5.30. The fourth-order valence-electron chi connectivity index (χ4n) is 3.74. The average molecular weight is 423 g/mol. The van der Waals surface area contributed by atoms with Gasteiger partial charge in [-0.3, -0.25) is 4.79 Å². The van der Waals surface area contributed by atoms with Crippen LogP contribution in [0.3, 0.4) is 0 Å². The van der Waals surface area contributed by atoms with Crippen molar-refractivity contribution in [2.24, 2.45) is 0 Å². The van der Waals surface area contributed by atoms with Crippen LogP contribution in [-0.4, -0.2) is 37.1 Å². The molecule has 0 radical (unpaired) electrons. The number of ether oxygens (including phenoxy) is 3. The van der Waals surface area contributed by atoms with Crippen LogP contribution >= 0.6 is 0 Å². The van der Waals surface area contributed by atoms with Gasteiger partial charge in [0.05, 0.1) is 32.6 Å². The highest BCUT2D eigenvalue weighted by molar-refractivity contribution is 5.98. The number of nitrogens with one attached hydrogen (secondary N) is 1. The Bertz CT molecular complexity index is 1090. The Hall–Kier alpha value is -3.68. The Labute approximate surface area is 179 Å². The lowest BCUT2D eigenvalue weighted by Gasteiger charge is -2.24. The van der Waals surface area contributed by atoms with Crippen LogP contribution < -0.4 is 19.5 Å². The van der Waals surface area contributed by atoms with Crippen molar-refractivity contribution in [2.45, 2.75) is 18.8 Å². The van der Waals surface area contributed by atoms with Crippen molar-refractivity contribution < 1.29 is 23.4 Å². The van der Waals surface area contributed by atoms with Crippen molar-refractivity contribution in [3.8, 4) is 17.2 Å². The Morgan fingerprint density at radius 2 is 1.68 bits per heavy atom. The molecule has 1 aliphatic rings. The molecule has 31 heavy (non-hydrogen) atoms. The highest BCUT2D eigenvalue weighted by Crippen LogP contribution is 2.42. The van der Waals surface area contributed by atoms with Crippen molar-refractivity contribution in [1.29, 1.82) is 0 Å². The van der Waals surface area contributed by atoms with E-state index >= 15 is 0 Å². The van der Waals surface area contributed by atoms with Gasteiger partial charge in [-0.05, 0) is 54.3 Å². The summed E-state index contributed by atoms with van der Waals surface area (Å²) < 4.78 is 29.4. The number of carbonyl (C=O) groups excluding carboxylic acids is 1. The second-order valence-corrected chi connectivity index (χ2v) is 7.17. The smallest absolute Gasteiger partial charge is 0.227 e. The standard InChI is InChI=1S/C23H22FN3O4/c1-29-20-10-14(11-21(30-2)22(20)31-3)13-8-18-17(19(28)9-13)12-25-23(27-18)26-16-6-4-15(24)5-7-16/h4-7,10-13H,8-9H2,1-3H3,(H,25,26,27)/t13-/m0/s1. The molecule has 1 atom stereocenters. The molecule has 0 fully saturated rings. The molecule has 7 nitrogen and oxygen atoms in total. The maximum Gasteiger partial charge on any atom is 0.227 e. The van der Waals surface area contributed by atoms with E-state index in [-0.39, 0.29) is 17.5 Å². The van der Waals surface area contributed by atoms with E-state index in [9.17, 15) is 9.18 Å². The van der Waals surface area contributed by atoms with Gasteiger partial charge in [0.15, 0.2) is 17.3 Å². The molecule has 1 aromatic heterocycles. The second kappa shape index (κ2) is 8.59. The van der Waals surface area contributed by atoms with Crippen molar-refractivity contribution in [1.82, 2.24) is 9.97 Å². The van der Waals surface area contributed by atoms with Crippen LogP contribution in [0.4, 0.5) is 16.0 Å². The van der Waals surface area contributed by atoms with Gasteiger partial charge in [0.25, 0.3) is 0 Å². The molecule has 0 unspecified atom stereocenters. The molecule has 4 rings (SSSR count). The minimum Gasteiger partial charge on any atom is -0.493 e. The van der Waals surface area contributed by atoms with Gasteiger partial charge in [0.2, 0.25) is 11.7 Å². The number of benzene rings is 2. The van der Waals surface area contributed by atoms with Gasteiger partial charge in [-0.1, -0.05) is 0 Å². The maximum absolute atomic E-state index is 13.1. The number of methoxy groups -OCH3 is 3. The largest absolute Gasteiger partial charge is 0.493 e. The SMILES string of the molecule is COc1cc([C@@H]2CC(=O)c3cnc(Nc4ccc(F)cc4)nc3C2)cc(OC)c1OC. The molecule has 0 saturated carbocycles. The van der Waals surface area contributed by atoms with Crippen molar-refractivity contribution in [2.75, 3.05) is 26.6 Å². The summed E-state index contributed by atoms with van der Waals surface area (Å²) in [7, 11) is 4.67. The predicted octanol–water partition coefficient (Wildman–Crippen LogP) is 4.30. The highest BCUT2D eigenvalue weighted by atomic mass is 19.1. The van der Waals surface area contributed by atoms with Crippen LogP contribution in [0.25, 0.3) is 0 Å². The van der Waals surface area contributed by atoms with Gasteiger partial charge in [-0.25, -0.2) is 14.4 Å². The van der Waals surface area contributed by atoms with E-state index in [4.69, 9.17) is 14.2 Å². The molecular weight excluding hydrogens is 401 g/mol. The summed E-state index contributed by atoms with van der Waals surface area (Å²) in [4.78, 5) is 21.6. The molecule has 1 heterocycles. The Morgan fingerprint density at radius 3 is 2.29 bits per heavy atom. The molecule has 0 bridgehead atoms. The number of carbonyl (C=O) groups is 1. The first-order chi connectivity index (χ1) is 15.0. The third kappa shape index (κ3) is 4.14. The van der Waals surface area contributed by atoms with Crippen LogP contribution in [0.5, 0.6) is 17.2 Å². The van der Waals surface area contributed by atoms with E-state index in [2.05, 4.69) is 15.3 Å². The number of aromatic nitrogens is 2. The zero-order valence-corrected chi connectivity index (χ0v) is 17.4. The quantitative estimate of drug-likeness (QED) is 0.633. The van der Waals surface area contributed by atoms with Gasteiger partial charge >= 0.3 is 0 Å². The Kier molecular flexibility index (Phi) is 5.70. The van der Waals surface area contributed by atoms with E-state index < -0.39 is 0 Å².